The van der Waals surface area contributed by atoms with Crippen LogP contribution in [0.15, 0.2) is 65.8 Å². The molecule has 0 aromatic heterocycles. The second-order valence-electron chi connectivity index (χ2n) is 8.21. The number of nitrogens with one attached hydrogen (secondary N) is 3. The summed E-state index contributed by atoms with van der Waals surface area (Å²) in [6, 6.07) is 17.9. The van der Waals surface area contributed by atoms with Gasteiger partial charge in [-0.25, -0.2) is 5.43 Å². The van der Waals surface area contributed by atoms with Crippen LogP contribution >= 0.6 is 0 Å². The molecule has 37 heavy (non-hydrogen) atoms. The second-order valence-corrected chi connectivity index (χ2v) is 8.21. The molecule has 0 radical (unpaired) electrons. The number of carbonyl (C=O) groups excluding carboxylic acids is 3. The van der Waals surface area contributed by atoms with Gasteiger partial charge in [-0.3, -0.25) is 14.4 Å². The van der Waals surface area contributed by atoms with E-state index in [0.29, 0.717) is 22.7 Å². The molecule has 0 bridgehead atoms. The molecule has 0 fully saturated rings. The van der Waals surface area contributed by atoms with Crippen molar-refractivity contribution in [3.8, 4) is 11.5 Å². The van der Waals surface area contributed by atoms with Crippen molar-refractivity contribution in [2.24, 2.45) is 5.10 Å². The number of benzene rings is 3. The van der Waals surface area contributed by atoms with E-state index in [0.717, 1.165) is 28.8 Å². The van der Waals surface area contributed by atoms with Crippen molar-refractivity contribution in [1.29, 1.82) is 0 Å². The predicted molar refractivity (Wildman–Crippen MR) is 143 cm³/mol. The maximum absolute atomic E-state index is 12.4. The summed E-state index contributed by atoms with van der Waals surface area (Å²) in [6.45, 7) is 5.69. The third-order valence-corrected chi connectivity index (χ3v) is 5.57. The Balaban J connectivity index is 1.54. The van der Waals surface area contributed by atoms with Gasteiger partial charge in [0.25, 0.3) is 5.91 Å². The van der Waals surface area contributed by atoms with Gasteiger partial charge in [0.05, 0.1) is 13.3 Å². The second kappa shape index (κ2) is 12.9. The number of methoxy groups -OCH3 is 1. The third-order valence-electron chi connectivity index (χ3n) is 5.57. The van der Waals surface area contributed by atoms with Crippen LogP contribution in [-0.2, 0) is 20.8 Å². The van der Waals surface area contributed by atoms with Crippen LogP contribution in [0.3, 0.4) is 0 Å². The maximum Gasteiger partial charge on any atom is 0.329 e. The van der Waals surface area contributed by atoms with Crippen molar-refractivity contribution in [1.82, 2.24) is 5.43 Å². The van der Waals surface area contributed by atoms with Gasteiger partial charge >= 0.3 is 11.8 Å². The Labute approximate surface area is 215 Å². The minimum absolute atomic E-state index is 0.201. The minimum Gasteiger partial charge on any atom is -0.493 e. The zero-order valence-corrected chi connectivity index (χ0v) is 21.3. The number of aryl methyl sites for hydroxylation is 3. The average molecular weight is 503 g/mol. The number of amides is 3. The van der Waals surface area contributed by atoms with Gasteiger partial charge < -0.3 is 20.1 Å². The normalized spacial score (nSPS) is 10.6. The molecule has 192 valence electrons. The number of ether oxygens (including phenoxy) is 2. The molecular formula is C28H30N4O5. The number of hydrogen-bond donors (Lipinski definition) is 3. The monoisotopic (exact) mass is 502 g/mol. The highest BCUT2D eigenvalue weighted by Gasteiger charge is 2.14. The number of anilines is 2. The van der Waals surface area contributed by atoms with E-state index < -0.39 is 11.8 Å². The van der Waals surface area contributed by atoms with Crippen LogP contribution < -0.4 is 25.5 Å². The van der Waals surface area contributed by atoms with Crippen molar-refractivity contribution < 1.29 is 23.9 Å². The summed E-state index contributed by atoms with van der Waals surface area (Å²) in [5, 5.41) is 9.22. The summed E-state index contributed by atoms with van der Waals surface area (Å²) in [7, 11) is 1.47. The van der Waals surface area contributed by atoms with E-state index in [4.69, 9.17) is 9.47 Å². The van der Waals surface area contributed by atoms with Crippen LogP contribution in [0.2, 0.25) is 0 Å². The number of hydrogen-bond acceptors (Lipinski definition) is 6. The standard InChI is InChI=1S/C28H30N4O5/c1-5-21-8-6-7-9-23(21)31-26(33)17-37-24-13-11-20(15-25(24)36-4)16-29-32-28(35)27(34)30-22-12-10-18(2)19(3)14-22/h6-16H,5,17H2,1-4H3,(H,30,34)(H,31,33)(H,32,35)/b29-16-. The molecule has 3 amide bonds. The van der Waals surface area contributed by atoms with Gasteiger partial charge in [0.15, 0.2) is 18.1 Å². The van der Waals surface area contributed by atoms with Gasteiger partial charge in [-0.1, -0.05) is 31.2 Å². The van der Waals surface area contributed by atoms with E-state index in [1.165, 1.54) is 13.3 Å². The van der Waals surface area contributed by atoms with Crippen molar-refractivity contribution in [3.63, 3.8) is 0 Å². The third kappa shape index (κ3) is 7.66. The number of hydrazone groups is 1. The summed E-state index contributed by atoms with van der Waals surface area (Å²) in [5.74, 6) is -1.28. The molecule has 0 heterocycles. The SMILES string of the molecule is CCc1ccccc1NC(=O)COc1ccc(/C=N\NC(=O)C(=O)Nc2ccc(C)c(C)c2)cc1OC. The highest BCUT2D eigenvalue weighted by atomic mass is 16.5. The first-order valence-electron chi connectivity index (χ1n) is 11.7. The first-order chi connectivity index (χ1) is 17.8. The molecule has 9 nitrogen and oxygen atoms in total. The Hall–Kier alpha value is -4.66. The number of nitrogens with zero attached hydrogens (tertiary/aromatic N) is 1. The molecule has 0 atom stereocenters. The molecule has 3 N–H and O–H groups in total. The number of carbonyl (C=O) groups is 3. The van der Waals surface area contributed by atoms with E-state index in [9.17, 15) is 14.4 Å². The zero-order chi connectivity index (χ0) is 26.8. The summed E-state index contributed by atoms with van der Waals surface area (Å²) >= 11 is 0. The van der Waals surface area contributed by atoms with Gasteiger partial charge in [-0.15, -0.1) is 0 Å². The van der Waals surface area contributed by atoms with Crippen LogP contribution in [0, 0.1) is 13.8 Å². The number of rotatable bonds is 9. The van der Waals surface area contributed by atoms with E-state index in [1.54, 1.807) is 30.3 Å². The molecule has 0 aliphatic heterocycles. The van der Waals surface area contributed by atoms with E-state index in [1.807, 2.05) is 51.1 Å². The van der Waals surface area contributed by atoms with E-state index in [2.05, 4.69) is 21.2 Å². The molecule has 0 aliphatic carbocycles. The van der Waals surface area contributed by atoms with Gasteiger partial charge in [0, 0.05) is 11.4 Å². The van der Waals surface area contributed by atoms with E-state index in [-0.39, 0.29) is 12.5 Å². The van der Waals surface area contributed by atoms with Crippen molar-refractivity contribution >= 4 is 35.3 Å². The Morgan fingerprint density at radius 3 is 2.41 bits per heavy atom. The minimum atomic E-state index is -0.906. The summed E-state index contributed by atoms with van der Waals surface area (Å²) < 4.78 is 11.0. The molecule has 0 saturated heterocycles. The lowest BCUT2D eigenvalue weighted by atomic mass is 10.1. The Morgan fingerprint density at radius 1 is 0.892 bits per heavy atom. The molecule has 0 aliphatic rings. The summed E-state index contributed by atoms with van der Waals surface area (Å²) in [4.78, 5) is 36.5. The van der Waals surface area contributed by atoms with E-state index >= 15 is 0 Å². The average Bonchev–Trinajstić information content (AvgIpc) is 2.90. The summed E-state index contributed by atoms with van der Waals surface area (Å²) in [6.07, 6.45) is 2.16. The predicted octanol–water partition coefficient (Wildman–Crippen LogP) is 3.98. The first-order valence-corrected chi connectivity index (χ1v) is 11.7. The van der Waals surface area contributed by atoms with Crippen molar-refractivity contribution in [3.05, 3.63) is 82.9 Å². The fourth-order valence-electron chi connectivity index (χ4n) is 3.39. The van der Waals surface area contributed by atoms with Crippen LogP contribution in [-0.4, -0.2) is 37.7 Å². The maximum atomic E-state index is 12.4. The smallest absolute Gasteiger partial charge is 0.329 e. The molecule has 0 saturated carbocycles. The highest BCUT2D eigenvalue weighted by Crippen LogP contribution is 2.27. The molecule has 3 rings (SSSR count). The van der Waals surface area contributed by atoms with Gasteiger partial charge in [0.2, 0.25) is 0 Å². The Morgan fingerprint density at radius 2 is 1.68 bits per heavy atom. The molecule has 3 aromatic carbocycles. The zero-order valence-electron chi connectivity index (χ0n) is 21.3. The lowest BCUT2D eigenvalue weighted by Crippen LogP contribution is -2.32. The molecular weight excluding hydrogens is 472 g/mol. The molecule has 0 unspecified atom stereocenters. The van der Waals surface area contributed by atoms with Crippen molar-refractivity contribution in [2.45, 2.75) is 27.2 Å². The van der Waals surface area contributed by atoms with Gasteiger partial charge in [0.1, 0.15) is 0 Å². The van der Waals surface area contributed by atoms with Crippen LogP contribution in [0.4, 0.5) is 11.4 Å². The lowest BCUT2D eigenvalue weighted by molar-refractivity contribution is -0.136. The fourth-order valence-corrected chi connectivity index (χ4v) is 3.39. The fraction of sp³-hybridized carbons (Fsp3) is 0.214. The highest BCUT2D eigenvalue weighted by molar-refractivity contribution is 6.39. The van der Waals surface area contributed by atoms with Crippen LogP contribution in [0.25, 0.3) is 0 Å². The number of para-hydroxylation sites is 1. The van der Waals surface area contributed by atoms with Crippen molar-refractivity contribution in [2.75, 3.05) is 24.4 Å². The van der Waals surface area contributed by atoms with Crippen LogP contribution in [0.1, 0.15) is 29.2 Å². The van der Waals surface area contributed by atoms with Gasteiger partial charge in [-0.2, -0.15) is 5.10 Å². The molecule has 3 aromatic rings. The Bertz CT molecular complexity index is 1320. The Kier molecular flexibility index (Phi) is 9.37. The largest absolute Gasteiger partial charge is 0.493 e. The molecule has 0 spiro atoms. The summed E-state index contributed by atoms with van der Waals surface area (Å²) in [5.41, 5.74) is 7.17. The first kappa shape index (κ1) is 26.9. The topological polar surface area (TPSA) is 118 Å². The lowest BCUT2D eigenvalue weighted by Gasteiger charge is -2.13. The quantitative estimate of drug-likeness (QED) is 0.232. The van der Waals surface area contributed by atoms with Gasteiger partial charge in [-0.05, 0) is 78.9 Å². The molecule has 9 heteroatoms. The van der Waals surface area contributed by atoms with Crippen LogP contribution in [0.5, 0.6) is 11.5 Å².